The van der Waals surface area contributed by atoms with Crippen molar-refractivity contribution in [1.82, 2.24) is 10.3 Å². The van der Waals surface area contributed by atoms with Gasteiger partial charge in [-0.1, -0.05) is 48.6 Å². The number of pyridine rings is 1. The van der Waals surface area contributed by atoms with Crippen LogP contribution in [0.2, 0.25) is 0 Å². The first-order valence-electron chi connectivity index (χ1n) is 6.05. The molecule has 2 rings (SSSR count). The highest BCUT2D eigenvalue weighted by molar-refractivity contribution is 7.80. The first kappa shape index (κ1) is 12.7. The third-order valence-electron chi connectivity index (χ3n) is 2.65. The van der Waals surface area contributed by atoms with Crippen LogP contribution in [0, 0.1) is 0 Å². The molecule has 92 valence electrons. The van der Waals surface area contributed by atoms with Gasteiger partial charge in [0.1, 0.15) is 0 Å². The quantitative estimate of drug-likeness (QED) is 0.833. The van der Waals surface area contributed by atoms with E-state index in [9.17, 15) is 0 Å². The van der Waals surface area contributed by atoms with E-state index in [4.69, 9.17) is 12.2 Å². The number of benzene rings is 1. The molecule has 0 aliphatic heterocycles. The zero-order valence-corrected chi connectivity index (χ0v) is 11.0. The van der Waals surface area contributed by atoms with Crippen LogP contribution in [-0.2, 0) is 12.8 Å². The summed E-state index contributed by atoms with van der Waals surface area (Å²) in [5, 5.41) is 3.27. The Labute approximate surface area is 113 Å². The second-order valence-corrected chi connectivity index (χ2v) is 4.58. The van der Waals surface area contributed by atoms with E-state index in [-0.39, 0.29) is 0 Å². The molecule has 1 heterocycles. The molecule has 2 aromatic rings. The standard InChI is InChI=1S/C15H16N2S/c18-15(12-14-8-4-5-10-16-14)17-11-9-13-6-2-1-3-7-13/h1-8,10H,9,11-12H2,(H,17,18). The predicted molar refractivity (Wildman–Crippen MR) is 78.7 cm³/mol. The summed E-state index contributed by atoms with van der Waals surface area (Å²) in [7, 11) is 0. The molecule has 0 spiro atoms. The Kier molecular flexibility index (Phi) is 4.85. The van der Waals surface area contributed by atoms with Gasteiger partial charge in [-0.05, 0) is 24.1 Å². The van der Waals surface area contributed by atoms with Gasteiger partial charge in [-0.2, -0.15) is 0 Å². The van der Waals surface area contributed by atoms with Gasteiger partial charge in [-0.3, -0.25) is 4.98 Å². The molecule has 0 saturated carbocycles. The maximum Gasteiger partial charge on any atom is 0.0813 e. The van der Waals surface area contributed by atoms with Crippen molar-refractivity contribution in [3.05, 3.63) is 66.0 Å². The topological polar surface area (TPSA) is 24.9 Å². The fraction of sp³-hybridized carbons (Fsp3) is 0.200. The van der Waals surface area contributed by atoms with Gasteiger partial charge in [-0.15, -0.1) is 0 Å². The lowest BCUT2D eigenvalue weighted by atomic mass is 10.1. The van der Waals surface area contributed by atoms with Crippen LogP contribution in [0.25, 0.3) is 0 Å². The molecule has 0 radical (unpaired) electrons. The Morgan fingerprint density at radius 2 is 1.83 bits per heavy atom. The second kappa shape index (κ2) is 6.87. The van der Waals surface area contributed by atoms with Crippen LogP contribution in [0.4, 0.5) is 0 Å². The fourth-order valence-electron chi connectivity index (χ4n) is 1.72. The molecule has 0 amide bonds. The third kappa shape index (κ3) is 4.26. The molecule has 3 heteroatoms. The van der Waals surface area contributed by atoms with Gasteiger partial charge in [0.25, 0.3) is 0 Å². The summed E-state index contributed by atoms with van der Waals surface area (Å²) >= 11 is 5.30. The van der Waals surface area contributed by atoms with Crippen LogP contribution >= 0.6 is 12.2 Å². The van der Waals surface area contributed by atoms with E-state index in [0.717, 1.165) is 23.6 Å². The Morgan fingerprint density at radius 1 is 1.06 bits per heavy atom. The van der Waals surface area contributed by atoms with E-state index >= 15 is 0 Å². The summed E-state index contributed by atoms with van der Waals surface area (Å²) < 4.78 is 0. The van der Waals surface area contributed by atoms with Crippen molar-refractivity contribution in [2.75, 3.05) is 6.54 Å². The van der Waals surface area contributed by atoms with Gasteiger partial charge in [-0.25, -0.2) is 0 Å². The summed E-state index contributed by atoms with van der Waals surface area (Å²) in [4.78, 5) is 5.11. The second-order valence-electron chi connectivity index (χ2n) is 4.08. The normalized spacial score (nSPS) is 10.0. The van der Waals surface area contributed by atoms with Crippen molar-refractivity contribution in [2.45, 2.75) is 12.8 Å². The molecule has 0 unspecified atom stereocenters. The smallest absolute Gasteiger partial charge is 0.0813 e. The molecular formula is C15H16N2S. The van der Waals surface area contributed by atoms with Crippen LogP contribution in [-0.4, -0.2) is 16.5 Å². The summed E-state index contributed by atoms with van der Waals surface area (Å²) in [5.74, 6) is 0. The monoisotopic (exact) mass is 256 g/mol. The number of hydrogen-bond donors (Lipinski definition) is 1. The predicted octanol–water partition coefficient (Wildman–Crippen LogP) is 2.78. The molecule has 18 heavy (non-hydrogen) atoms. The van der Waals surface area contributed by atoms with Gasteiger partial charge in [0.15, 0.2) is 0 Å². The van der Waals surface area contributed by atoms with E-state index in [1.54, 1.807) is 6.20 Å². The number of rotatable bonds is 5. The molecule has 0 fully saturated rings. The third-order valence-corrected chi connectivity index (χ3v) is 2.94. The van der Waals surface area contributed by atoms with Crippen molar-refractivity contribution in [3.8, 4) is 0 Å². The van der Waals surface area contributed by atoms with Crippen molar-refractivity contribution < 1.29 is 0 Å². The molecule has 0 bridgehead atoms. The lowest BCUT2D eigenvalue weighted by molar-refractivity contribution is 0.862. The van der Waals surface area contributed by atoms with Gasteiger partial charge in [0, 0.05) is 24.9 Å². The highest BCUT2D eigenvalue weighted by Gasteiger charge is 1.99. The summed E-state index contributed by atoms with van der Waals surface area (Å²) in [6.07, 6.45) is 3.50. The van der Waals surface area contributed by atoms with Crippen LogP contribution in [0.15, 0.2) is 54.7 Å². The highest BCUT2D eigenvalue weighted by atomic mass is 32.1. The Morgan fingerprint density at radius 3 is 2.56 bits per heavy atom. The average Bonchev–Trinajstić information content (AvgIpc) is 2.41. The number of hydrogen-bond acceptors (Lipinski definition) is 2. The van der Waals surface area contributed by atoms with Crippen LogP contribution in [0.3, 0.4) is 0 Å². The minimum Gasteiger partial charge on any atom is -0.379 e. The van der Waals surface area contributed by atoms with E-state index in [1.165, 1.54) is 5.56 Å². The molecule has 0 aliphatic rings. The van der Waals surface area contributed by atoms with Gasteiger partial charge in [0.05, 0.1) is 4.99 Å². The molecule has 0 saturated heterocycles. The number of aromatic nitrogens is 1. The van der Waals surface area contributed by atoms with Crippen molar-refractivity contribution in [1.29, 1.82) is 0 Å². The average molecular weight is 256 g/mol. The van der Waals surface area contributed by atoms with Gasteiger partial charge in [0.2, 0.25) is 0 Å². The van der Waals surface area contributed by atoms with Gasteiger partial charge < -0.3 is 5.32 Å². The van der Waals surface area contributed by atoms with E-state index < -0.39 is 0 Å². The van der Waals surface area contributed by atoms with Crippen LogP contribution in [0.5, 0.6) is 0 Å². The fourth-order valence-corrected chi connectivity index (χ4v) is 1.97. The van der Waals surface area contributed by atoms with Crippen LogP contribution < -0.4 is 5.32 Å². The molecule has 1 N–H and O–H groups in total. The molecule has 0 aliphatic carbocycles. The zero-order chi connectivity index (χ0) is 12.6. The maximum absolute atomic E-state index is 5.30. The number of nitrogens with zero attached hydrogens (tertiary/aromatic N) is 1. The van der Waals surface area contributed by atoms with E-state index in [1.807, 2.05) is 24.3 Å². The van der Waals surface area contributed by atoms with E-state index in [0.29, 0.717) is 6.42 Å². The molecule has 1 aromatic heterocycles. The number of nitrogens with one attached hydrogen (secondary N) is 1. The molecule has 2 nitrogen and oxygen atoms in total. The minimum absolute atomic E-state index is 0.713. The largest absolute Gasteiger partial charge is 0.379 e. The first-order chi connectivity index (χ1) is 8.84. The van der Waals surface area contributed by atoms with Crippen molar-refractivity contribution in [3.63, 3.8) is 0 Å². The lowest BCUT2D eigenvalue weighted by Gasteiger charge is -2.07. The van der Waals surface area contributed by atoms with Gasteiger partial charge >= 0.3 is 0 Å². The first-order valence-corrected chi connectivity index (χ1v) is 6.46. The Bertz CT molecular complexity index is 482. The van der Waals surface area contributed by atoms with Crippen molar-refractivity contribution >= 4 is 17.2 Å². The molecule has 0 atom stereocenters. The minimum atomic E-state index is 0.713. The lowest BCUT2D eigenvalue weighted by Crippen LogP contribution is -2.25. The van der Waals surface area contributed by atoms with E-state index in [2.05, 4.69) is 34.6 Å². The molecule has 1 aromatic carbocycles. The molecular weight excluding hydrogens is 240 g/mol. The zero-order valence-electron chi connectivity index (χ0n) is 10.2. The Balaban J connectivity index is 1.73. The van der Waals surface area contributed by atoms with Crippen molar-refractivity contribution in [2.24, 2.45) is 0 Å². The summed E-state index contributed by atoms with van der Waals surface area (Å²) in [5.41, 5.74) is 2.33. The summed E-state index contributed by atoms with van der Waals surface area (Å²) in [6, 6.07) is 16.3. The number of thiocarbonyl (C=S) groups is 1. The maximum atomic E-state index is 5.30. The Hall–Kier alpha value is -1.74. The SMILES string of the molecule is S=C(Cc1ccccn1)NCCc1ccccc1. The summed E-state index contributed by atoms with van der Waals surface area (Å²) in [6.45, 7) is 0.871. The van der Waals surface area contributed by atoms with Crippen LogP contribution in [0.1, 0.15) is 11.3 Å². The highest BCUT2D eigenvalue weighted by Crippen LogP contribution is 1.99.